The molecule has 0 spiro atoms. The van der Waals surface area contributed by atoms with E-state index >= 15 is 0 Å². The van der Waals surface area contributed by atoms with Crippen molar-refractivity contribution < 1.29 is 0 Å². The second kappa shape index (κ2) is 7.71. The number of hydrogen-bond donors (Lipinski definition) is 1. The third-order valence-corrected chi connectivity index (χ3v) is 5.14. The number of rotatable bonds is 5. The first kappa shape index (κ1) is 17.5. The monoisotopic (exact) mass is 363 g/mol. The van der Waals surface area contributed by atoms with Gasteiger partial charge in [0, 0.05) is 16.6 Å². The van der Waals surface area contributed by atoms with Gasteiger partial charge in [0.05, 0.1) is 22.1 Å². The van der Waals surface area contributed by atoms with E-state index in [-0.39, 0.29) is 0 Å². The highest BCUT2D eigenvalue weighted by atomic mass is 35.5. The molecule has 1 fully saturated rings. The maximum absolute atomic E-state index is 6.40. The zero-order valence-corrected chi connectivity index (χ0v) is 15.7. The number of benzene rings is 1. The molecule has 24 heavy (non-hydrogen) atoms. The first-order chi connectivity index (χ1) is 11.6. The summed E-state index contributed by atoms with van der Waals surface area (Å²) in [4.78, 5) is 9.81. The van der Waals surface area contributed by atoms with Crippen molar-refractivity contribution in [2.45, 2.75) is 58.4 Å². The van der Waals surface area contributed by atoms with Crippen molar-refractivity contribution >= 4 is 29.0 Å². The Balaban J connectivity index is 2.03. The molecule has 0 atom stereocenters. The summed E-state index contributed by atoms with van der Waals surface area (Å²) in [6.07, 6.45) is 6.68. The molecule has 1 heterocycles. The smallest absolute Gasteiger partial charge is 0.148 e. The van der Waals surface area contributed by atoms with Gasteiger partial charge in [-0.3, -0.25) is 0 Å². The molecular weight excluding hydrogens is 341 g/mol. The molecule has 2 aromatic rings. The van der Waals surface area contributed by atoms with Gasteiger partial charge in [-0.15, -0.1) is 0 Å². The zero-order chi connectivity index (χ0) is 17.1. The first-order valence-electron chi connectivity index (χ1n) is 8.74. The van der Waals surface area contributed by atoms with E-state index in [0.717, 1.165) is 41.3 Å². The molecule has 0 amide bonds. The lowest BCUT2D eigenvalue weighted by atomic mass is 10.1. The van der Waals surface area contributed by atoms with E-state index in [0.29, 0.717) is 16.1 Å². The van der Waals surface area contributed by atoms with Crippen LogP contribution in [0.4, 0.5) is 5.82 Å². The maximum atomic E-state index is 6.40. The Bertz CT molecular complexity index is 725. The van der Waals surface area contributed by atoms with E-state index in [2.05, 4.69) is 19.2 Å². The van der Waals surface area contributed by atoms with Crippen LogP contribution in [0.5, 0.6) is 0 Å². The van der Waals surface area contributed by atoms with Crippen LogP contribution in [0, 0.1) is 0 Å². The number of halogens is 2. The van der Waals surface area contributed by atoms with Crippen LogP contribution in [0.3, 0.4) is 0 Å². The minimum Gasteiger partial charge on any atom is -0.366 e. The summed E-state index contributed by atoms with van der Waals surface area (Å²) >= 11 is 12.4. The van der Waals surface area contributed by atoms with Gasteiger partial charge >= 0.3 is 0 Å². The van der Waals surface area contributed by atoms with Crippen molar-refractivity contribution in [1.29, 1.82) is 0 Å². The molecule has 1 saturated carbocycles. The van der Waals surface area contributed by atoms with Crippen LogP contribution in [0.1, 0.15) is 50.9 Å². The highest BCUT2D eigenvalue weighted by molar-refractivity contribution is 6.36. The van der Waals surface area contributed by atoms with Gasteiger partial charge in [0.1, 0.15) is 5.82 Å². The average Bonchev–Trinajstić information content (AvgIpc) is 3.08. The minimum absolute atomic E-state index is 0.527. The molecule has 0 bridgehead atoms. The second-order valence-electron chi connectivity index (χ2n) is 6.27. The molecule has 1 aliphatic carbocycles. The van der Waals surface area contributed by atoms with E-state index in [1.54, 1.807) is 6.07 Å². The van der Waals surface area contributed by atoms with Crippen molar-refractivity contribution in [3.63, 3.8) is 0 Å². The normalized spacial score (nSPS) is 15.0. The fourth-order valence-electron chi connectivity index (χ4n) is 3.27. The van der Waals surface area contributed by atoms with Crippen LogP contribution in [-0.2, 0) is 12.8 Å². The Hall–Kier alpha value is -1.32. The SMILES string of the molecule is CCc1nc(-c2ccc(Cl)cc2Cl)c(CC)nc1NC1CCCC1. The van der Waals surface area contributed by atoms with Crippen molar-refractivity contribution in [1.82, 2.24) is 9.97 Å². The molecule has 0 radical (unpaired) electrons. The number of anilines is 1. The predicted molar refractivity (Wildman–Crippen MR) is 102 cm³/mol. The Morgan fingerprint density at radius 1 is 1.04 bits per heavy atom. The maximum Gasteiger partial charge on any atom is 0.148 e. The molecule has 0 saturated heterocycles. The van der Waals surface area contributed by atoms with Crippen LogP contribution in [0.15, 0.2) is 18.2 Å². The third kappa shape index (κ3) is 3.68. The van der Waals surface area contributed by atoms with E-state index < -0.39 is 0 Å². The predicted octanol–water partition coefficient (Wildman–Crippen LogP) is 5.93. The summed E-state index contributed by atoms with van der Waals surface area (Å²) < 4.78 is 0. The topological polar surface area (TPSA) is 37.8 Å². The van der Waals surface area contributed by atoms with E-state index in [1.165, 1.54) is 25.7 Å². The molecule has 1 N–H and O–H groups in total. The summed E-state index contributed by atoms with van der Waals surface area (Å²) in [5.41, 5.74) is 3.73. The number of aromatic nitrogens is 2. The lowest BCUT2D eigenvalue weighted by molar-refractivity contribution is 0.743. The zero-order valence-electron chi connectivity index (χ0n) is 14.2. The number of nitrogens with one attached hydrogen (secondary N) is 1. The standard InChI is InChI=1S/C19H23Cl2N3/c1-3-16-18(14-10-9-12(20)11-15(14)21)23-17(4-2)19(24-16)22-13-7-5-6-8-13/h9-11,13H,3-8H2,1-2H3,(H,22,24). The highest BCUT2D eigenvalue weighted by Crippen LogP contribution is 2.33. The summed E-state index contributed by atoms with van der Waals surface area (Å²) in [5.74, 6) is 0.940. The van der Waals surface area contributed by atoms with Gasteiger partial charge in [0.2, 0.25) is 0 Å². The van der Waals surface area contributed by atoms with Crippen LogP contribution >= 0.6 is 23.2 Å². The molecular formula is C19H23Cl2N3. The van der Waals surface area contributed by atoms with E-state index in [9.17, 15) is 0 Å². The average molecular weight is 364 g/mol. The molecule has 0 aliphatic heterocycles. The van der Waals surface area contributed by atoms with Gasteiger partial charge in [-0.2, -0.15) is 0 Å². The van der Waals surface area contributed by atoms with Crippen LogP contribution in [0.25, 0.3) is 11.3 Å². The lowest BCUT2D eigenvalue weighted by Crippen LogP contribution is -2.18. The van der Waals surface area contributed by atoms with Crippen molar-refractivity contribution in [2.75, 3.05) is 5.32 Å². The molecule has 128 valence electrons. The van der Waals surface area contributed by atoms with Crippen molar-refractivity contribution in [3.8, 4) is 11.3 Å². The molecule has 3 rings (SSSR count). The number of aryl methyl sites for hydroxylation is 2. The molecule has 0 unspecified atom stereocenters. The van der Waals surface area contributed by atoms with Gasteiger partial charge < -0.3 is 5.32 Å². The van der Waals surface area contributed by atoms with Crippen LogP contribution < -0.4 is 5.32 Å². The van der Waals surface area contributed by atoms with Gasteiger partial charge in [0.25, 0.3) is 0 Å². The molecule has 1 aromatic heterocycles. The fraction of sp³-hybridized carbons (Fsp3) is 0.474. The van der Waals surface area contributed by atoms with Crippen LogP contribution in [-0.4, -0.2) is 16.0 Å². The van der Waals surface area contributed by atoms with E-state index in [1.807, 2.05) is 12.1 Å². The van der Waals surface area contributed by atoms with Crippen LogP contribution in [0.2, 0.25) is 10.0 Å². The van der Waals surface area contributed by atoms with Gasteiger partial charge in [-0.05, 0) is 43.9 Å². The summed E-state index contributed by atoms with van der Waals surface area (Å²) in [6.45, 7) is 4.21. The molecule has 1 aliphatic rings. The molecule has 1 aromatic carbocycles. The summed E-state index contributed by atoms with van der Waals surface area (Å²) in [5, 5.41) is 4.86. The minimum atomic E-state index is 0.527. The highest BCUT2D eigenvalue weighted by Gasteiger charge is 2.20. The van der Waals surface area contributed by atoms with Crippen molar-refractivity contribution in [3.05, 3.63) is 39.6 Å². The quantitative estimate of drug-likeness (QED) is 0.715. The molecule has 5 heteroatoms. The summed E-state index contributed by atoms with van der Waals surface area (Å²) in [6, 6.07) is 6.06. The van der Waals surface area contributed by atoms with Gasteiger partial charge in [-0.1, -0.05) is 49.9 Å². The summed E-state index contributed by atoms with van der Waals surface area (Å²) in [7, 11) is 0. The first-order valence-corrected chi connectivity index (χ1v) is 9.49. The third-order valence-electron chi connectivity index (χ3n) is 4.59. The van der Waals surface area contributed by atoms with E-state index in [4.69, 9.17) is 33.2 Å². The fourth-order valence-corrected chi connectivity index (χ4v) is 3.77. The molecule has 3 nitrogen and oxygen atoms in total. The largest absolute Gasteiger partial charge is 0.366 e. The Morgan fingerprint density at radius 2 is 1.75 bits per heavy atom. The lowest BCUT2D eigenvalue weighted by Gasteiger charge is -2.18. The Morgan fingerprint density at radius 3 is 2.38 bits per heavy atom. The Kier molecular flexibility index (Phi) is 5.62. The van der Waals surface area contributed by atoms with Gasteiger partial charge in [0.15, 0.2) is 0 Å². The second-order valence-corrected chi connectivity index (χ2v) is 7.11. The van der Waals surface area contributed by atoms with Crippen molar-refractivity contribution in [2.24, 2.45) is 0 Å². The Labute approximate surface area is 153 Å². The number of hydrogen-bond acceptors (Lipinski definition) is 3. The number of nitrogens with zero attached hydrogens (tertiary/aromatic N) is 2. The van der Waals surface area contributed by atoms with Gasteiger partial charge in [-0.25, -0.2) is 9.97 Å².